The fourth-order valence-electron chi connectivity index (χ4n) is 4.02. The summed E-state index contributed by atoms with van der Waals surface area (Å²) in [5.41, 5.74) is 5.13. The van der Waals surface area contributed by atoms with E-state index in [1.54, 1.807) is 4.90 Å². The van der Waals surface area contributed by atoms with E-state index >= 15 is 0 Å². The molecule has 1 heterocycles. The Morgan fingerprint density at radius 2 is 1.50 bits per heavy atom. The van der Waals surface area contributed by atoms with Crippen molar-refractivity contribution in [3.05, 3.63) is 101 Å². The van der Waals surface area contributed by atoms with Crippen molar-refractivity contribution in [2.75, 3.05) is 11.4 Å². The molecule has 0 aromatic heterocycles. The molecular weight excluding hydrogens is 372 g/mol. The van der Waals surface area contributed by atoms with Gasteiger partial charge < -0.3 is 10.2 Å². The summed E-state index contributed by atoms with van der Waals surface area (Å²) in [5.74, 6) is -0.440. The van der Waals surface area contributed by atoms with E-state index in [9.17, 15) is 9.59 Å². The Morgan fingerprint density at radius 3 is 2.07 bits per heavy atom. The van der Waals surface area contributed by atoms with Crippen LogP contribution in [0.25, 0.3) is 0 Å². The number of anilines is 1. The zero-order valence-corrected chi connectivity index (χ0v) is 17.3. The second kappa shape index (κ2) is 8.54. The molecule has 1 N–H and O–H groups in total. The van der Waals surface area contributed by atoms with Gasteiger partial charge in [0.25, 0.3) is 0 Å². The van der Waals surface area contributed by atoms with E-state index in [0.29, 0.717) is 13.0 Å². The lowest BCUT2D eigenvalue weighted by molar-refractivity contribution is -0.122. The quantitative estimate of drug-likeness (QED) is 0.694. The van der Waals surface area contributed by atoms with Crippen LogP contribution in [0.4, 0.5) is 5.69 Å². The van der Waals surface area contributed by atoms with E-state index in [1.807, 2.05) is 85.8 Å². The third-order valence-corrected chi connectivity index (χ3v) is 5.80. The van der Waals surface area contributed by atoms with Crippen LogP contribution in [0.3, 0.4) is 0 Å². The Labute approximate surface area is 177 Å². The summed E-state index contributed by atoms with van der Waals surface area (Å²) in [6, 6.07) is 25.4. The van der Waals surface area contributed by atoms with Gasteiger partial charge in [-0.1, -0.05) is 66.7 Å². The van der Waals surface area contributed by atoms with E-state index in [4.69, 9.17) is 0 Å². The van der Waals surface area contributed by atoms with Crippen molar-refractivity contribution in [3.63, 3.8) is 0 Å². The minimum absolute atomic E-state index is 0.0412. The summed E-state index contributed by atoms with van der Waals surface area (Å²) in [7, 11) is 0. The number of benzene rings is 3. The first-order valence-corrected chi connectivity index (χ1v) is 10.3. The van der Waals surface area contributed by atoms with E-state index < -0.39 is 5.92 Å². The molecule has 4 heteroatoms. The van der Waals surface area contributed by atoms with E-state index in [-0.39, 0.29) is 17.9 Å². The highest BCUT2D eigenvalue weighted by Crippen LogP contribution is 2.27. The Hall–Kier alpha value is -3.40. The SMILES string of the molecule is Cc1ccc(N2CC(NC(=O)C(c3ccccc3)c3ccccc3)CC2=O)cc1C. The summed E-state index contributed by atoms with van der Waals surface area (Å²) in [6.07, 6.45) is 0.314. The molecule has 0 saturated carbocycles. The molecule has 0 aliphatic carbocycles. The number of carbonyl (C=O) groups excluding carboxylic acids is 2. The van der Waals surface area contributed by atoms with Gasteiger partial charge in [0.05, 0.1) is 12.0 Å². The van der Waals surface area contributed by atoms with Crippen molar-refractivity contribution in [2.45, 2.75) is 32.2 Å². The summed E-state index contributed by atoms with van der Waals surface area (Å²) < 4.78 is 0. The van der Waals surface area contributed by atoms with Crippen LogP contribution in [0.5, 0.6) is 0 Å². The van der Waals surface area contributed by atoms with Crippen molar-refractivity contribution >= 4 is 17.5 Å². The molecule has 30 heavy (non-hydrogen) atoms. The molecule has 2 amide bonds. The fourth-order valence-corrected chi connectivity index (χ4v) is 4.02. The zero-order valence-electron chi connectivity index (χ0n) is 17.3. The number of amides is 2. The highest BCUT2D eigenvalue weighted by Gasteiger charge is 2.33. The molecular formula is C26H26N2O2. The highest BCUT2D eigenvalue weighted by atomic mass is 16.2. The van der Waals surface area contributed by atoms with E-state index in [2.05, 4.69) is 12.2 Å². The van der Waals surface area contributed by atoms with Crippen LogP contribution in [-0.2, 0) is 9.59 Å². The average molecular weight is 399 g/mol. The van der Waals surface area contributed by atoms with Gasteiger partial charge >= 0.3 is 0 Å². The maximum atomic E-state index is 13.3. The standard InChI is InChI=1S/C26H26N2O2/c1-18-13-14-23(15-19(18)2)28-17-22(16-24(28)29)27-26(30)25(20-9-5-3-6-10-20)21-11-7-4-8-12-21/h3-15,22,25H,16-17H2,1-2H3,(H,27,30). The molecule has 1 aliphatic rings. The van der Waals surface area contributed by atoms with Crippen LogP contribution in [0, 0.1) is 13.8 Å². The van der Waals surface area contributed by atoms with Gasteiger partial charge in [0.15, 0.2) is 0 Å². The largest absolute Gasteiger partial charge is 0.350 e. The van der Waals surface area contributed by atoms with Gasteiger partial charge in [-0.15, -0.1) is 0 Å². The van der Waals surface area contributed by atoms with Crippen LogP contribution < -0.4 is 10.2 Å². The Bertz CT molecular complexity index is 1010. The van der Waals surface area contributed by atoms with Gasteiger partial charge in [-0.25, -0.2) is 0 Å². The maximum absolute atomic E-state index is 13.3. The highest BCUT2D eigenvalue weighted by molar-refractivity contribution is 5.97. The van der Waals surface area contributed by atoms with Crippen LogP contribution in [0.1, 0.15) is 34.6 Å². The predicted molar refractivity (Wildman–Crippen MR) is 120 cm³/mol. The van der Waals surface area contributed by atoms with Crippen LogP contribution in [0.2, 0.25) is 0 Å². The van der Waals surface area contributed by atoms with Crippen LogP contribution in [-0.4, -0.2) is 24.4 Å². The lowest BCUT2D eigenvalue weighted by Crippen LogP contribution is -2.40. The van der Waals surface area contributed by atoms with Gasteiger partial charge in [0.2, 0.25) is 11.8 Å². The molecule has 0 spiro atoms. The summed E-state index contributed by atoms with van der Waals surface area (Å²) in [4.78, 5) is 27.7. The van der Waals surface area contributed by atoms with Crippen molar-refractivity contribution < 1.29 is 9.59 Å². The molecule has 1 unspecified atom stereocenters. The number of nitrogens with zero attached hydrogens (tertiary/aromatic N) is 1. The van der Waals surface area contributed by atoms with Gasteiger partial charge in [0.1, 0.15) is 0 Å². The second-order valence-corrected chi connectivity index (χ2v) is 7.94. The maximum Gasteiger partial charge on any atom is 0.232 e. The predicted octanol–water partition coefficient (Wildman–Crippen LogP) is 4.36. The average Bonchev–Trinajstić information content (AvgIpc) is 3.11. The molecule has 152 valence electrons. The first-order valence-electron chi connectivity index (χ1n) is 10.3. The lowest BCUT2D eigenvalue weighted by atomic mass is 9.90. The number of aryl methyl sites for hydroxylation is 2. The molecule has 3 aromatic rings. The topological polar surface area (TPSA) is 49.4 Å². The van der Waals surface area contributed by atoms with Crippen molar-refractivity contribution in [2.24, 2.45) is 0 Å². The third-order valence-electron chi connectivity index (χ3n) is 5.80. The van der Waals surface area contributed by atoms with Crippen LogP contribution >= 0.6 is 0 Å². The summed E-state index contributed by atoms with van der Waals surface area (Å²) in [5, 5.41) is 3.13. The number of rotatable bonds is 5. The monoisotopic (exact) mass is 398 g/mol. The molecule has 4 rings (SSSR count). The number of carbonyl (C=O) groups is 2. The van der Waals surface area contributed by atoms with Gasteiger partial charge in [-0.2, -0.15) is 0 Å². The Kier molecular flexibility index (Phi) is 5.66. The molecule has 0 radical (unpaired) electrons. The third kappa shape index (κ3) is 4.13. The summed E-state index contributed by atoms with van der Waals surface area (Å²) in [6.45, 7) is 4.59. The van der Waals surface area contributed by atoms with Crippen molar-refractivity contribution in [1.29, 1.82) is 0 Å². The number of nitrogens with one attached hydrogen (secondary N) is 1. The fraction of sp³-hybridized carbons (Fsp3) is 0.231. The number of hydrogen-bond donors (Lipinski definition) is 1. The number of hydrogen-bond acceptors (Lipinski definition) is 2. The smallest absolute Gasteiger partial charge is 0.232 e. The van der Waals surface area contributed by atoms with Gasteiger partial charge in [-0.3, -0.25) is 9.59 Å². The molecule has 1 aliphatic heterocycles. The van der Waals surface area contributed by atoms with E-state index in [1.165, 1.54) is 5.56 Å². The molecule has 4 nitrogen and oxygen atoms in total. The zero-order chi connectivity index (χ0) is 21.1. The Balaban J connectivity index is 1.53. The second-order valence-electron chi connectivity index (χ2n) is 7.94. The molecule has 0 bridgehead atoms. The first kappa shape index (κ1) is 19.9. The minimum Gasteiger partial charge on any atom is -0.350 e. The molecule has 1 atom stereocenters. The van der Waals surface area contributed by atoms with Crippen LogP contribution in [0.15, 0.2) is 78.9 Å². The normalized spacial score (nSPS) is 16.2. The van der Waals surface area contributed by atoms with Gasteiger partial charge in [-0.05, 0) is 48.2 Å². The van der Waals surface area contributed by atoms with Gasteiger partial charge in [0, 0.05) is 18.7 Å². The first-order chi connectivity index (χ1) is 14.5. The van der Waals surface area contributed by atoms with E-state index in [0.717, 1.165) is 22.4 Å². The molecule has 1 fully saturated rings. The minimum atomic E-state index is -0.404. The lowest BCUT2D eigenvalue weighted by Gasteiger charge is -2.21. The van der Waals surface area contributed by atoms with Crippen molar-refractivity contribution in [3.8, 4) is 0 Å². The molecule has 1 saturated heterocycles. The molecule has 3 aromatic carbocycles. The van der Waals surface area contributed by atoms with Crippen molar-refractivity contribution in [1.82, 2.24) is 5.32 Å². The summed E-state index contributed by atoms with van der Waals surface area (Å²) >= 11 is 0. The Morgan fingerprint density at radius 1 is 0.900 bits per heavy atom.